The summed E-state index contributed by atoms with van der Waals surface area (Å²) in [4.78, 5) is 2.99. The SMILES string of the molecule is CCCCCC(CCCCC)N1C2CCCC1CC2. The van der Waals surface area contributed by atoms with Gasteiger partial charge in [-0.05, 0) is 38.5 Å². The van der Waals surface area contributed by atoms with E-state index in [0.29, 0.717) is 0 Å². The van der Waals surface area contributed by atoms with E-state index < -0.39 is 0 Å². The summed E-state index contributed by atoms with van der Waals surface area (Å²) < 4.78 is 0. The molecule has 0 aromatic heterocycles. The Bertz CT molecular complexity index is 212. The number of piperidine rings is 1. The molecule has 19 heavy (non-hydrogen) atoms. The van der Waals surface area contributed by atoms with Crippen LogP contribution >= 0.6 is 0 Å². The lowest BCUT2D eigenvalue weighted by atomic mass is 9.94. The van der Waals surface area contributed by atoms with E-state index in [2.05, 4.69) is 18.7 Å². The lowest BCUT2D eigenvalue weighted by molar-refractivity contribution is 0.0736. The van der Waals surface area contributed by atoms with Crippen LogP contribution in [0.15, 0.2) is 0 Å². The van der Waals surface area contributed by atoms with Crippen LogP contribution in [0.4, 0.5) is 0 Å². The summed E-state index contributed by atoms with van der Waals surface area (Å²) in [7, 11) is 0. The van der Waals surface area contributed by atoms with E-state index in [-0.39, 0.29) is 0 Å². The summed E-state index contributed by atoms with van der Waals surface area (Å²) in [5, 5.41) is 0. The molecule has 0 N–H and O–H groups in total. The second kappa shape index (κ2) is 8.29. The van der Waals surface area contributed by atoms with Crippen molar-refractivity contribution >= 4 is 0 Å². The minimum Gasteiger partial charge on any atom is -0.294 e. The normalized spacial score (nSPS) is 27.3. The first-order chi connectivity index (χ1) is 9.36. The zero-order chi connectivity index (χ0) is 13.5. The molecule has 2 aliphatic rings. The zero-order valence-corrected chi connectivity index (χ0v) is 13.4. The van der Waals surface area contributed by atoms with Crippen molar-refractivity contribution in [2.45, 2.75) is 115 Å². The first-order valence-electron chi connectivity index (χ1n) is 9.14. The van der Waals surface area contributed by atoms with Crippen molar-refractivity contribution in [1.29, 1.82) is 0 Å². The highest BCUT2D eigenvalue weighted by atomic mass is 15.2. The van der Waals surface area contributed by atoms with Gasteiger partial charge >= 0.3 is 0 Å². The maximum Gasteiger partial charge on any atom is 0.0102 e. The predicted molar refractivity (Wildman–Crippen MR) is 84.6 cm³/mol. The lowest BCUT2D eigenvalue weighted by Gasteiger charge is -2.41. The summed E-state index contributed by atoms with van der Waals surface area (Å²) >= 11 is 0. The fourth-order valence-electron chi connectivity index (χ4n) is 4.46. The van der Waals surface area contributed by atoms with Crippen LogP contribution in [0.1, 0.15) is 97.3 Å². The second-order valence-electron chi connectivity index (χ2n) is 6.91. The van der Waals surface area contributed by atoms with Crippen molar-refractivity contribution in [3.05, 3.63) is 0 Å². The molecule has 0 aromatic rings. The molecule has 0 radical (unpaired) electrons. The third-order valence-electron chi connectivity index (χ3n) is 5.45. The van der Waals surface area contributed by atoms with Gasteiger partial charge < -0.3 is 0 Å². The minimum absolute atomic E-state index is 0.927. The average Bonchev–Trinajstić information content (AvgIpc) is 2.67. The van der Waals surface area contributed by atoms with Gasteiger partial charge in [-0.25, -0.2) is 0 Å². The Kier molecular flexibility index (Phi) is 6.70. The van der Waals surface area contributed by atoms with Crippen molar-refractivity contribution in [3.8, 4) is 0 Å². The third kappa shape index (κ3) is 4.21. The number of unbranched alkanes of at least 4 members (excludes halogenated alkanes) is 4. The Balaban J connectivity index is 1.87. The van der Waals surface area contributed by atoms with E-state index in [0.717, 1.165) is 18.1 Å². The first-order valence-corrected chi connectivity index (χ1v) is 9.14. The molecule has 0 saturated carbocycles. The van der Waals surface area contributed by atoms with Crippen LogP contribution in [0.3, 0.4) is 0 Å². The molecule has 2 aliphatic heterocycles. The van der Waals surface area contributed by atoms with E-state index in [9.17, 15) is 0 Å². The zero-order valence-electron chi connectivity index (χ0n) is 13.4. The van der Waals surface area contributed by atoms with E-state index in [1.807, 2.05) is 0 Å². The fourth-order valence-corrected chi connectivity index (χ4v) is 4.46. The van der Waals surface area contributed by atoms with E-state index >= 15 is 0 Å². The topological polar surface area (TPSA) is 3.24 Å². The van der Waals surface area contributed by atoms with Crippen LogP contribution in [0, 0.1) is 0 Å². The van der Waals surface area contributed by atoms with Crippen LogP contribution in [-0.2, 0) is 0 Å². The Labute approximate surface area is 121 Å². The summed E-state index contributed by atoms with van der Waals surface area (Å²) in [5.41, 5.74) is 0. The molecule has 2 unspecified atom stereocenters. The molecule has 1 nitrogen and oxygen atoms in total. The van der Waals surface area contributed by atoms with Gasteiger partial charge in [0.2, 0.25) is 0 Å². The van der Waals surface area contributed by atoms with Gasteiger partial charge in [-0.15, -0.1) is 0 Å². The Morgan fingerprint density at radius 3 is 1.79 bits per heavy atom. The molecule has 0 spiro atoms. The van der Waals surface area contributed by atoms with Crippen LogP contribution in [0.2, 0.25) is 0 Å². The molecule has 2 rings (SSSR count). The number of hydrogen-bond donors (Lipinski definition) is 0. The van der Waals surface area contributed by atoms with Crippen molar-refractivity contribution in [2.24, 2.45) is 0 Å². The molecule has 2 heterocycles. The molecule has 0 aliphatic carbocycles. The van der Waals surface area contributed by atoms with Crippen LogP contribution in [0.5, 0.6) is 0 Å². The summed E-state index contributed by atoms with van der Waals surface area (Å²) in [5.74, 6) is 0. The highest BCUT2D eigenvalue weighted by Gasteiger charge is 2.39. The predicted octanol–water partition coefficient (Wildman–Crippen LogP) is 5.53. The van der Waals surface area contributed by atoms with E-state index in [4.69, 9.17) is 0 Å². The average molecular weight is 265 g/mol. The Hall–Kier alpha value is -0.0400. The summed E-state index contributed by atoms with van der Waals surface area (Å²) in [6.07, 6.45) is 19.0. The van der Waals surface area contributed by atoms with Gasteiger partial charge in [0.05, 0.1) is 0 Å². The minimum atomic E-state index is 0.927. The molecule has 2 atom stereocenters. The van der Waals surface area contributed by atoms with Crippen LogP contribution in [-0.4, -0.2) is 23.0 Å². The number of hydrogen-bond acceptors (Lipinski definition) is 1. The van der Waals surface area contributed by atoms with Crippen molar-refractivity contribution in [1.82, 2.24) is 4.90 Å². The van der Waals surface area contributed by atoms with Gasteiger partial charge in [-0.3, -0.25) is 4.90 Å². The molecule has 2 fully saturated rings. The van der Waals surface area contributed by atoms with E-state index in [1.165, 1.54) is 83.5 Å². The molecule has 112 valence electrons. The molecule has 2 saturated heterocycles. The third-order valence-corrected chi connectivity index (χ3v) is 5.45. The number of fused-ring (bicyclic) bond motifs is 2. The quantitative estimate of drug-likeness (QED) is 0.495. The first kappa shape index (κ1) is 15.4. The van der Waals surface area contributed by atoms with Crippen LogP contribution in [0.25, 0.3) is 0 Å². The smallest absolute Gasteiger partial charge is 0.0102 e. The summed E-state index contributed by atoms with van der Waals surface area (Å²) in [6.45, 7) is 4.66. The molecular formula is C18H35N. The van der Waals surface area contributed by atoms with Gasteiger partial charge in [0.15, 0.2) is 0 Å². The summed E-state index contributed by atoms with van der Waals surface area (Å²) in [6, 6.07) is 2.86. The van der Waals surface area contributed by atoms with Gasteiger partial charge in [0.25, 0.3) is 0 Å². The molecule has 1 heteroatoms. The molecular weight excluding hydrogens is 230 g/mol. The standard InChI is InChI=1S/C18H35N/c1-3-5-7-10-16(11-8-6-4-2)19-17-12-9-13-18(19)15-14-17/h16-18H,3-15H2,1-2H3. The van der Waals surface area contributed by atoms with Gasteiger partial charge in [-0.2, -0.15) is 0 Å². The highest BCUT2D eigenvalue weighted by molar-refractivity contribution is 4.95. The van der Waals surface area contributed by atoms with Crippen molar-refractivity contribution < 1.29 is 0 Å². The monoisotopic (exact) mass is 265 g/mol. The highest BCUT2D eigenvalue weighted by Crippen LogP contribution is 2.39. The van der Waals surface area contributed by atoms with E-state index in [1.54, 1.807) is 0 Å². The molecule has 0 amide bonds. The maximum atomic E-state index is 2.99. The lowest BCUT2D eigenvalue weighted by Crippen LogP contribution is -2.46. The van der Waals surface area contributed by atoms with Crippen molar-refractivity contribution in [2.75, 3.05) is 0 Å². The second-order valence-corrected chi connectivity index (χ2v) is 6.91. The van der Waals surface area contributed by atoms with Gasteiger partial charge in [-0.1, -0.05) is 58.8 Å². The van der Waals surface area contributed by atoms with Gasteiger partial charge in [0, 0.05) is 18.1 Å². The number of nitrogens with zero attached hydrogens (tertiary/aromatic N) is 1. The molecule has 0 aromatic carbocycles. The fraction of sp³-hybridized carbons (Fsp3) is 1.00. The Morgan fingerprint density at radius 2 is 1.32 bits per heavy atom. The van der Waals surface area contributed by atoms with Gasteiger partial charge in [0.1, 0.15) is 0 Å². The number of rotatable bonds is 9. The largest absolute Gasteiger partial charge is 0.294 e. The molecule has 2 bridgehead atoms. The Morgan fingerprint density at radius 1 is 0.789 bits per heavy atom. The van der Waals surface area contributed by atoms with Crippen LogP contribution < -0.4 is 0 Å². The maximum absolute atomic E-state index is 2.99. The van der Waals surface area contributed by atoms with Crippen molar-refractivity contribution in [3.63, 3.8) is 0 Å².